The van der Waals surface area contributed by atoms with Crippen molar-refractivity contribution in [2.45, 2.75) is 17.1 Å². The van der Waals surface area contributed by atoms with Crippen LogP contribution in [0.3, 0.4) is 0 Å². The number of benzene rings is 1. The quantitative estimate of drug-likeness (QED) is 0.512. The van der Waals surface area contributed by atoms with Crippen molar-refractivity contribution in [3.8, 4) is 10.7 Å². The second kappa shape index (κ2) is 6.85. The SMILES string of the molecule is FC(F)c1nnc(-c2[nH]nc3ncc(SCc4ccccc4)cc23)s1. The number of halogens is 2. The monoisotopic (exact) mass is 375 g/mol. The molecule has 0 aliphatic heterocycles. The predicted molar refractivity (Wildman–Crippen MR) is 93.8 cm³/mol. The lowest BCUT2D eigenvalue weighted by Gasteiger charge is -2.02. The number of rotatable bonds is 5. The molecule has 0 saturated carbocycles. The van der Waals surface area contributed by atoms with Gasteiger partial charge in [0.25, 0.3) is 6.43 Å². The van der Waals surface area contributed by atoms with Crippen LogP contribution >= 0.6 is 23.1 Å². The molecule has 4 rings (SSSR count). The number of nitrogens with one attached hydrogen (secondary N) is 1. The zero-order valence-electron chi connectivity index (χ0n) is 12.7. The predicted octanol–water partition coefficient (Wildman–Crippen LogP) is 4.71. The first-order valence-electron chi connectivity index (χ1n) is 7.33. The van der Waals surface area contributed by atoms with Gasteiger partial charge in [-0.25, -0.2) is 13.8 Å². The lowest BCUT2D eigenvalue weighted by Crippen LogP contribution is -1.83. The van der Waals surface area contributed by atoms with Gasteiger partial charge in [0.15, 0.2) is 15.7 Å². The molecule has 25 heavy (non-hydrogen) atoms. The van der Waals surface area contributed by atoms with E-state index in [9.17, 15) is 8.78 Å². The maximum absolute atomic E-state index is 12.7. The topological polar surface area (TPSA) is 67.3 Å². The molecular formula is C16H11F2N5S2. The maximum atomic E-state index is 12.7. The van der Waals surface area contributed by atoms with Crippen LogP contribution in [0.4, 0.5) is 8.78 Å². The summed E-state index contributed by atoms with van der Waals surface area (Å²) in [5.41, 5.74) is 2.30. The Morgan fingerprint density at radius 3 is 2.76 bits per heavy atom. The minimum absolute atomic E-state index is 0.305. The lowest BCUT2D eigenvalue weighted by molar-refractivity contribution is 0.150. The average Bonchev–Trinajstić information content (AvgIpc) is 3.27. The normalized spacial score (nSPS) is 11.5. The van der Waals surface area contributed by atoms with Gasteiger partial charge in [0.2, 0.25) is 0 Å². The molecule has 1 N–H and O–H groups in total. The minimum Gasteiger partial charge on any atom is -0.272 e. The summed E-state index contributed by atoms with van der Waals surface area (Å²) in [6.07, 6.45) is -0.874. The molecule has 0 amide bonds. The van der Waals surface area contributed by atoms with Gasteiger partial charge in [-0.3, -0.25) is 5.10 Å². The second-order valence-corrected chi connectivity index (χ2v) is 7.22. The molecule has 9 heteroatoms. The Morgan fingerprint density at radius 1 is 1.16 bits per heavy atom. The molecule has 0 bridgehead atoms. The highest BCUT2D eigenvalue weighted by Crippen LogP contribution is 2.33. The lowest BCUT2D eigenvalue weighted by atomic mass is 10.2. The number of hydrogen-bond acceptors (Lipinski definition) is 6. The van der Waals surface area contributed by atoms with Crippen LogP contribution in [0, 0.1) is 0 Å². The van der Waals surface area contributed by atoms with Crippen LogP contribution in [0.2, 0.25) is 0 Å². The van der Waals surface area contributed by atoms with E-state index in [1.54, 1.807) is 18.0 Å². The first-order chi connectivity index (χ1) is 12.2. The van der Waals surface area contributed by atoms with E-state index in [2.05, 4.69) is 37.5 Å². The van der Waals surface area contributed by atoms with Crippen molar-refractivity contribution in [2.75, 3.05) is 0 Å². The molecule has 1 aromatic carbocycles. The first-order valence-corrected chi connectivity index (χ1v) is 9.13. The zero-order chi connectivity index (χ0) is 17.2. The molecule has 3 heterocycles. The average molecular weight is 375 g/mol. The first kappa shape index (κ1) is 16.1. The largest absolute Gasteiger partial charge is 0.291 e. The van der Waals surface area contributed by atoms with Gasteiger partial charge in [-0.05, 0) is 11.6 Å². The number of hydrogen-bond donors (Lipinski definition) is 1. The molecule has 0 aliphatic rings. The Hall–Kier alpha value is -2.39. The van der Waals surface area contributed by atoms with E-state index in [1.165, 1.54) is 5.56 Å². The fourth-order valence-corrected chi connectivity index (χ4v) is 3.85. The summed E-state index contributed by atoms with van der Waals surface area (Å²) < 4.78 is 25.5. The van der Waals surface area contributed by atoms with Crippen molar-refractivity contribution in [3.63, 3.8) is 0 Å². The van der Waals surface area contributed by atoms with Crippen LogP contribution in [-0.4, -0.2) is 25.4 Å². The Bertz CT molecular complexity index is 1000. The van der Waals surface area contributed by atoms with E-state index < -0.39 is 6.43 Å². The number of aromatic amines is 1. The molecule has 0 saturated heterocycles. The van der Waals surface area contributed by atoms with Gasteiger partial charge in [-0.1, -0.05) is 41.7 Å². The van der Waals surface area contributed by atoms with Gasteiger partial charge < -0.3 is 0 Å². The molecule has 3 aromatic heterocycles. The number of pyridine rings is 1. The summed E-state index contributed by atoms with van der Waals surface area (Å²) in [6.45, 7) is 0. The van der Waals surface area contributed by atoms with Crippen molar-refractivity contribution in [2.24, 2.45) is 0 Å². The molecular weight excluding hydrogens is 364 g/mol. The molecule has 126 valence electrons. The number of nitrogens with zero attached hydrogens (tertiary/aromatic N) is 4. The van der Waals surface area contributed by atoms with Crippen molar-refractivity contribution in [1.29, 1.82) is 0 Å². The summed E-state index contributed by atoms with van der Waals surface area (Å²) in [4.78, 5) is 5.30. The van der Waals surface area contributed by atoms with E-state index in [4.69, 9.17) is 0 Å². The van der Waals surface area contributed by atoms with E-state index in [0.29, 0.717) is 16.3 Å². The highest BCUT2D eigenvalue weighted by atomic mass is 32.2. The number of thioether (sulfide) groups is 1. The molecule has 0 atom stereocenters. The van der Waals surface area contributed by atoms with Crippen molar-refractivity contribution in [1.82, 2.24) is 25.4 Å². The third-order valence-electron chi connectivity index (χ3n) is 3.47. The number of fused-ring (bicyclic) bond motifs is 1. The fraction of sp³-hybridized carbons (Fsp3) is 0.125. The van der Waals surface area contributed by atoms with E-state index >= 15 is 0 Å². The Labute approximate surface area is 149 Å². The van der Waals surface area contributed by atoms with Crippen LogP contribution < -0.4 is 0 Å². The third kappa shape index (κ3) is 3.38. The van der Waals surface area contributed by atoms with Crippen molar-refractivity contribution in [3.05, 3.63) is 53.2 Å². The van der Waals surface area contributed by atoms with Gasteiger partial charge in [0.05, 0.1) is 5.39 Å². The smallest absolute Gasteiger partial charge is 0.272 e. The molecule has 5 nitrogen and oxygen atoms in total. The van der Waals surface area contributed by atoms with Gasteiger partial charge in [-0.2, -0.15) is 5.10 Å². The molecule has 0 unspecified atom stereocenters. The number of aromatic nitrogens is 5. The van der Waals surface area contributed by atoms with Crippen LogP contribution in [0.1, 0.15) is 17.0 Å². The summed E-state index contributed by atoms with van der Waals surface area (Å²) in [7, 11) is 0. The number of alkyl halides is 2. The zero-order valence-corrected chi connectivity index (χ0v) is 14.3. The van der Waals surface area contributed by atoms with Crippen LogP contribution in [-0.2, 0) is 5.75 Å². The molecule has 0 fully saturated rings. The Kier molecular flexibility index (Phi) is 4.41. The fourth-order valence-electron chi connectivity index (χ4n) is 2.29. The minimum atomic E-state index is -2.63. The highest BCUT2D eigenvalue weighted by molar-refractivity contribution is 7.98. The Balaban J connectivity index is 1.63. The van der Waals surface area contributed by atoms with E-state index in [1.807, 2.05) is 24.3 Å². The van der Waals surface area contributed by atoms with Crippen molar-refractivity contribution < 1.29 is 8.78 Å². The van der Waals surface area contributed by atoms with Gasteiger partial charge in [0.1, 0.15) is 5.69 Å². The molecule has 0 aliphatic carbocycles. The standard InChI is InChI=1S/C16H11F2N5S2/c17-13(18)16-23-22-15(25-16)12-11-6-10(7-19-14(11)21-20-12)24-8-9-4-2-1-3-5-9/h1-7,13H,8H2,(H,19,20,21). The van der Waals surface area contributed by atoms with Gasteiger partial charge in [-0.15, -0.1) is 22.0 Å². The van der Waals surface area contributed by atoms with E-state index in [0.717, 1.165) is 27.4 Å². The van der Waals surface area contributed by atoms with E-state index in [-0.39, 0.29) is 5.01 Å². The summed E-state index contributed by atoms with van der Waals surface area (Å²) in [5, 5.41) is 15.1. The summed E-state index contributed by atoms with van der Waals surface area (Å²) in [6, 6.07) is 12.1. The van der Waals surface area contributed by atoms with Crippen LogP contribution in [0.15, 0.2) is 47.5 Å². The van der Waals surface area contributed by atoms with Crippen LogP contribution in [0.5, 0.6) is 0 Å². The summed E-state index contributed by atoms with van der Waals surface area (Å²) in [5.74, 6) is 0.815. The third-order valence-corrected chi connectivity index (χ3v) is 5.46. The van der Waals surface area contributed by atoms with Crippen molar-refractivity contribution >= 4 is 34.1 Å². The maximum Gasteiger partial charge on any atom is 0.291 e. The molecule has 0 radical (unpaired) electrons. The van der Waals surface area contributed by atoms with Gasteiger partial charge >= 0.3 is 0 Å². The van der Waals surface area contributed by atoms with Gasteiger partial charge in [0, 0.05) is 16.8 Å². The second-order valence-electron chi connectivity index (χ2n) is 5.16. The molecule has 4 aromatic rings. The number of H-pyrrole nitrogens is 1. The van der Waals surface area contributed by atoms with Crippen LogP contribution in [0.25, 0.3) is 21.7 Å². The summed E-state index contributed by atoms with van der Waals surface area (Å²) >= 11 is 2.50. The highest BCUT2D eigenvalue weighted by Gasteiger charge is 2.18. The Morgan fingerprint density at radius 2 is 2.00 bits per heavy atom. The molecule has 0 spiro atoms.